The van der Waals surface area contributed by atoms with Crippen LogP contribution in [0.25, 0.3) is 118 Å². The fourth-order valence-corrected chi connectivity index (χ4v) is 9.43. The predicted molar refractivity (Wildman–Crippen MR) is 280 cm³/mol. The zero-order chi connectivity index (χ0) is 47.9. The van der Waals surface area contributed by atoms with Crippen LogP contribution in [0.3, 0.4) is 0 Å². The van der Waals surface area contributed by atoms with Crippen LogP contribution in [-0.4, -0.2) is 24.5 Å². The maximum atomic E-state index is 15.9. The van der Waals surface area contributed by atoms with E-state index in [1.807, 2.05) is 164 Å². The number of fused-ring (bicyclic) bond motifs is 3. The maximum Gasteiger partial charge on any atom is 0.416 e. The van der Waals surface area contributed by atoms with E-state index < -0.39 is 11.7 Å². The number of rotatable bonds is 9. The van der Waals surface area contributed by atoms with E-state index in [1.54, 1.807) is 6.07 Å². The summed E-state index contributed by atoms with van der Waals surface area (Å²) in [6, 6.07) is 77.5. The van der Waals surface area contributed by atoms with Gasteiger partial charge in [0.15, 0.2) is 11.6 Å². The van der Waals surface area contributed by atoms with Crippen LogP contribution in [0.2, 0.25) is 0 Å². The number of halogens is 3. The molecule has 0 saturated heterocycles. The third-order valence-corrected chi connectivity index (χ3v) is 12.8. The Morgan fingerprint density at radius 3 is 1.07 bits per heavy atom. The summed E-state index contributed by atoms with van der Waals surface area (Å²) in [5, 5.41) is 1.83. The second-order valence-corrected chi connectivity index (χ2v) is 17.3. The molecule has 9 aromatic carbocycles. The summed E-state index contributed by atoms with van der Waals surface area (Å²) in [6.07, 6.45) is -4.78. The van der Waals surface area contributed by atoms with Gasteiger partial charge in [-0.15, -0.1) is 0 Å². The van der Waals surface area contributed by atoms with Crippen molar-refractivity contribution < 1.29 is 13.2 Å². The Kier molecular flexibility index (Phi) is 10.9. The minimum absolute atomic E-state index is 0.116. The molecule has 0 bridgehead atoms. The molecule has 3 aromatic heterocycles. The van der Waals surface area contributed by atoms with Crippen LogP contribution >= 0.6 is 0 Å². The second-order valence-electron chi connectivity index (χ2n) is 17.3. The average Bonchev–Trinajstić information content (AvgIpc) is 3.76. The highest BCUT2D eigenvalue weighted by Crippen LogP contribution is 2.46. The average molecular weight is 924 g/mol. The standard InChI is InChI=1S/C63H40F3N5/c64-63(65,66)49-37-52(57-40-56(45-27-15-5-16-28-45)67-61(70-57)46-29-17-6-18-30-46)60(53(38-49)62-68-54(43-23-11-3-12-24-43)39-55(69-62)44-25-13-4-14-26-44)71-58-33-31-47(41-19-7-1-8-20-41)35-50(58)51-36-48(32-34-59(51)71)42-21-9-2-10-22-42/h1-40H. The zero-order valence-electron chi connectivity index (χ0n) is 38.0. The molecule has 0 aliphatic carbocycles. The van der Waals surface area contributed by atoms with Crippen molar-refractivity contribution in [1.82, 2.24) is 24.5 Å². The number of alkyl halides is 3. The monoisotopic (exact) mass is 923 g/mol. The molecule has 8 heteroatoms. The van der Waals surface area contributed by atoms with E-state index in [0.717, 1.165) is 60.8 Å². The lowest BCUT2D eigenvalue weighted by molar-refractivity contribution is -0.137. The summed E-state index contributed by atoms with van der Waals surface area (Å²) in [6.45, 7) is 0. The van der Waals surface area contributed by atoms with Gasteiger partial charge >= 0.3 is 6.18 Å². The Morgan fingerprint density at radius 2 is 0.648 bits per heavy atom. The number of nitrogens with zero attached hydrogens (tertiary/aromatic N) is 5. The van der Waals surface area contributed by atoms with Gasteiger partial charge in [-0.2, -0.15) is 13.2 Å². The van der Waals surface area contributed by atoms with Crippen molar-refractivity contribution >= 4 is 21.8 Å². The van der Waals surface area contributed by atoms with Crippen molar-refractivity contribution in [3.63, 3.8) is 0 Å². The van der Waals surface area contributed by atoms with Gasteiger partial charge in [-0.1, -0.05) is 194 Å². The summed E-state index contributed by atoms with van der Waals surface area (Å²) in [4.78, 5) is 20.6. The third-order valence-electron chi connectivity index (χ3n) is 12.8. The molecule has 0 amide bonds. The SMILES string of the molecule is FC(F)(F)c1cc(-c2cc(-c3ccccc3)nc(-c3ccccc3)n2)c(-n2c3ccc(-c4ccccc4)cc3c3cc(-c4ccccc4)ccc32)c(-c2nc(-c3ccccc3)cc(-c3ccccc3)n2)c1. The normalized spacial score (nSPS) is 11.6. The van der Waals surface area contributed by atoms with E-state index in [9.17, 15) is 0 Å². The summed E-state index contributed by atoms with van der Waals surface area (Å²) >= 11 is 0. The van der Waals surface area contributed by atoms with Gasteiger partial charge in [0.05, 0.1) is 45.1 Å². The number of benzene rings is 9. The van der Waals surface area contributed by atoms with Crippen molar-refractivity contribution in [2.45, 2.75) is 6.18 Å². The van der Waals surface area contributed by atoms with Crippen molar-refractivity contribution in [1.29, 1.82) is 0 Å². The van der Waals surface area contributed by atoms with Gasteiger partial charge in [0, 0.05) is 44.2 Å². The van der Waals surface area contributed by atoms with Crippen LogP contribution in [0.5, 0.6) is 0 Å². The summed E-state index contributed by atoms with van der Waals surface area (Å²) in [7, 11) is 0. The van der Waals surface area contributed by atoms with Crippen LogP contribution in [-0.2, 0) is 6.18 Å². The topological polar surface area (TPSA) is 56.5 Å². The van der Waals surface area contributed by atoms with Crippen molar-refractivity contribution in [3.8, 4) is 95.7 Å². The molecule has 0 aliphatic rings. The molecule has 12 aromatic rings. The van der Waals surface area contributed by atoms with Crippen LogP contribution in [0.4, 0.5) is 13.2 Å². The van der Waals surface area contributed by atoms with E-state index in [1.165, 1.54) is 12.1 Å². The van der Waals surface area contributed by atoms with E-state index in [2.05, 4.69) is 65.2 Å². The molecule has 0 aliphatic heterocycles. The number of hydrogen-bond donors (Lipinski definition) is 0. The summed E-state index contributed by atoms with van der Waals surface area (Å²) in [5.41, 5.74) is 10.6. The molecule has 5 nitrogen and oxygen atoms in total. The highest BCUT2D eigenvalue weighted by Gasteiger charge is 2.35. The minimum atomic E-state index is -4.78. The zero-order valence-corrected chi connectivity index (χ0v) is 38.0. The van der Waals surface area contributed by atoms with E-state index in [-0.39, 0.29) is 17.0 Å². The largest absolute Gasteiger partial charge is 0.416 e. The van der Waals surface area contributed by atoms with Gasteiger partial charge in [-0.05, 0) is 70.8 Å². The van der Waals surface area contributed by atoms with E-state index >= 15 is 13.2 Å². The van der Waals surface area contributed by atoms with Gasteiger partial charge < -0.3 is 4.57 Å². The summed E-state index contributed by atoms with van der Waals surface area (Å²) < 4.78 is 49.7. The van der Waals surface area contributed by atoms with Crippen LogP contribution in [0.15, 0.2) is 243 Å². The Morgan fingerprint density at radius 1 is 0.296 bits per heavy atom. The molecule has 12 rings (SSSR count). The van der Waals surface area contributed by atoms with Crippen LogP contribution < -0.4 is 0 Å². The molecular formula is C63H40F3N5. The molecule has 71 heavy (non-hydrogen) atoms. The van der Waals surface area contributed by atoms with Crippen LogP contribution in [0, 0.1) is 0 Å². The molecule has 0 unspecified atom stereocenters. The van der Waals surface area contributed by atoms with Crippen molar-refractivity contribution in [2.24, 2.45) is 0 Å². The lowest BCUT2D eigenvalue weighted by Gasteiger charge is -2.22. The molecule has 3 heterocycles. The molecule has 0 spiro atoms. The second kappa shape index (κ2) is 18.0. The first-order valence-corrected chi connectivity index (χ1v) is 23.3. The van der Waals surface area contributed by atoms with E-state index in [4.69, 9.17) is 19.9 Å². The van der Waals surface area contributed by atoms with Gasteiger partial charge in [0.2, 0.25) is 0 Å². The lowest BCUT2D eigenvalue weighted by Crippen LogP contribution is -2.11. The quantitative estimate of drug-likeness (QED) is 0.145. The fraction of sp³-hybridized carbons (Fsp3) is 0.0159. The Labute approximate surface area is 407 Å². The maximum absolute atomic E-state index is 15.9. The highest BCUT2D eigenvalue weighted by atomic mass is 19.4. The van der Waals surface area contributed by atoms with Crippen molar-refractivity contribution in [2.75, 3.05) is 0 Å². The predicted octanol–water partition coefficient (Wildman–Crippen LogP) is 16.7. The Bertz CT molecular complexity index is 3520. The minimum Gasteiger partial charge on any atom is -0.308 e. The first-order chi connectivity index (χ1) is 34.8. The Hall–Kier alpha value is -9.27. The molecular weight excluding hydrogens is 884 g/mol. The number of aromatic nitrogens is 5. The van der Waals surface area contributed by atoms with Crippen molar-refractivity contribution in [3.05, 3.63) is 248 Å². The third kappa shape index (κ3) is 8.31. The highest BCUT2D eigenvalue weighted by molar-refractivity contribution is 6.13. The summed E-state index contributed by atoms with van der Waals surface area (Å²) in [5.74, 6) is 0.479. The van der Waals surface area contributed by atoms with Gasteiger partial charge in [-0.25, -0.2) is 19.9 Å². The molecule has 0 N–H and O–H groups in total. The molecule has 0 atom stereocenters. The number of hydrogen-bond acceptors (Lipinski definition) is 4. The smallest absolute Gasteiger partial charge is 0.308 e. The molecule has 0 radical (unpaired) electrons. The Balaban J connectivity index is 1.25. The van der Waals surface area contributed by atoms with Gasteiger partial charge in [0.1, 0.15) is 0 Å². The first-order valence-electron chi connectivity index (χ1n) is 23.3. The van der Waals surface area contributed by atoms with Crippen LogP contribution in [0.1, 0.15) is 5.56 Å². The fourth-order valence-electron chi connectivity index (χ4n) is 9.43. The molecule has 0 saturated carbocycles. The van der Waals surface area contributed by atoms with Gasteiger partial charge in [0.25, 0.3) is 0 Å². The van der Waals surface area contributed by atoms with E-state index in [0.29, 0.717) is 39.9 Å². The lowest BCUT2D eigenvalue weighted by atomic mass is 9.96. The molecule has 338 valence electrons. The first kappa shape index (κ1) is 43.0. The molecule has 0 fully saturated rings. The van der Waals surface area contributed by atoms with Gasteiger partial charge in [-0.3, -0.25) is 0 Å².